The van der Waals surface area contributed by atoms with Crippen LogP contribution in [-0.4, -0.2) is 17.4 Å². The molecule has 4 heteroatoms. The van der Waals surface area contributed by atoms with Gasteiger partial charge in [0.15, 0.2) is 0 Å². The summed E-state index contributed by atoms with van der Waals surface area (Å²) < 4.78 is 0. The first-order chi connectivity index (χ1) is 11.9. The second-order valence-corrected chi connectivity index (χ2v) is 7.37. The summed E-state index contributed by atoms with van der Waals surface area (Å²) in [4.78, 5) is 16.2. The summed E-state index contributed by atoms with van der Waals surface area (Å²) in [5.41, 5.74) is 3.67. The number of aromatic amines is 1. The van der Waals surface area contributed by atoms with Gasteiger partial charge in [-0.2, -0.15) is 0 Å². The minimum absolute atomic E-state index is 0.0300. The van der Waals surface area contributed by atoms with Gasteiger partial charge in [0, 0.05) is 28.2 Å². The molecule has 0 saturated carbocycles. The van der Waals surface area contributed by atoms with E-state index in [0.717, 1.165) is 39.2 Å². The topological polar surface area (TPSA) is 44.9 Å². The fourth-order valence-corrected chi connectivity index (χ4v) is 3.64. The van der Waals surface area contributed by atoms with Gasteiger partial charge in [0.25, 0.3) is 0 Å². The van der Waals surface area contributed by atoms with Gasteiger partial charge in [-0.05, 0) is 56.5 Å². The Morgan fingerprint density at radius 1 is 1.16 bits per heavy atom. The summed E-state index contributed by atoms with van der Waals surface area (Å²) in [6.07, 6.45) is 0.759. The van der Waals surface area contributed by atoms with E-state index in [1.807, 2.05) is 63.2 Å². The number of rotatable bonds is 5. The molecule has 0 saturated heterocycles. The second-order valence-electron chi connectivity index (χ2n) is 6.93. The smallest absolute Gasteiger partial charge is 0.230 e. The number of nitrogens with one attached hydrogen (secondary N) is 2. The van der Waals surface area contributed by atoms with E-state index in [0.29, 0.717) is 6.54 Å². The average molecular weight is 355 g/mol. The number of carbonyl (C=O) groups is 1. The van der Waals surface area contributed by atoms with Crippen LogP contribution in [0.1, 0.15) is 30.7 Å². The summed E-state index contributed by atoms with van der Waals surface area (Å²) in [7, 11) is 0. The maximum atomic E-state index is 12.9. The molecular weight excluding hydrogens is 332 g/mol. The Hall–Kier alpha value is -2.26. The van der Waals surface area contributed by atoms with Gasteiger partial charge >= 0.3 is 0 Å². The number of amides is 1. The van der Waals surface area contributed by atoms with Crippen molar-refractivity contribution in [3.8, 4) is 0 Å². The number of aryl methyl sites for hydroxylation is 1. The number of halogens is 1. The summed E-state index contributed by atoms with van der Waals surface area (Å²) in [6, 6.07) is 15.8. The molecule has 0 aliphatic heterocycles. The van der Waals surface area contributed by atoms with E-state index >= 15 is 0 Å². The number of fused-ring (bicyclic) bond motifs is 1. The van der Waals surface area contributed by atoms with E-state index in [9.17, 15) is 4.79 Å². The molecule has 0 atom stereocenters. The van der Waals surface area contributed by atoms with Gasteiger partial charge in [-0.3, -0.25) is 4.79 Å². The maximum absolute atomic E-state index is 12.9. The molecule has 3 rings (SSSR count). The zero-order valence-electron chi connectivity index (χ0n) is 14.8. The van der Waals surface area contributed by atoms with Gasteiger partial charge in [-0.25, -0.2) is 0 Å². The third kappa shape index (κ3) is 3.57. The molecule has 1 amide bonds. The maximum Gasteiger partial charge on any atom is 0.230 e. The Labute approximate surface area is 153 Å². The van der Waals surface area contributed by atoms with Crippen LogP contribution >= 0.6 is 11.6 Å². The quantitative estimate of drug-likeness (QED) is 0.681. The van der Waals surface area contributed by atoms with Crippen LogP contribution in [-0.2, 0) is 16.6 Å². The highest BCUT2D eigenvalue weighted by atomic mass is 35.5. The van der Waals surface area contributed by atoms with Crippen LogP contribution in [0.3, 0.4) is 0 Å². The van der Waals surface area contributed by atoms with E-state index in [1.54, 1.807) is 0 Å². The standard InChI is InChI=1S/C21H23ClN2O/c1-14-19(17-9-4-5-10-18(17)24-14)21(2,3)20(25)23-12-11-15-7-6-8-16(22)13-15/h4-10,13,24H,11-12H2,1-3H3,(H,23,25). The third-order valence-electron chi connectivity index (χ3n) is 4.67. The predicted octanol–water partition coefficient (Wildman–Crippen LogP) is 4.77. The minimum atomic E-state index is -0.613. The first-order valence-electron chi connectivity index (χ1n) is 8.50. The van der Waals surface area contributed by atoms with Crippen LogP contribution in [0.5, 0.6) is 0 Å². The minimum Gasteiger partial charge on any atom is -0.358 e. The van der Waals surface area contributed by atoms with Crippen molar-refractivity contribution in [3.05, 3.63) is 70.4 Å². The third-order valence-corrected chi connectivity index (χ3v) is 4.91. The molecule has 0 fully saturated rings. The van der Waals surface area contributed by atoms with Gasteiger partial charge in [0.1, 0.15) is 0 Å². The zero-order chi connectivity index (χ0) is 18.0. The Bertz CT molecular complexity index is 911. The van der Waals surface area contributed by atoms with E-state index in [1.165, 1.54) is 0 Å². The molecule has 25 heavy (non-hydrogen) atoms. The highest BCUT2D eigenvalue weighted by Gasteiger charge is 2.33. The number of para-hydroxylation sites is 1. The van der Waals surface area contributed by atoms with Crippen molar-refractivity contribution in [3.63, 3.8) is 0 Å². The molecule has 1 aromatic heterocycles. The number of aromatic nitrogens is 1. The summed E-state index contributed by atoms with van der Waals surface area (Å²) in [5, 5.41) is 4.90. The Morgan fingerprint density at radius 2 is 1.92 bits per heavy atom. The molecular formula is C21H23ClN2O. The van der Waals surface area contributed by atoms with Crippen molar-refractivity contribution in [1.82, 2.24) is 10.3 Å². The van der Waals surface area contributed by atoms with Crippen LogP contribution in [0, 0.1) is 6.92 Å². The zero-order valence-corrected chi connectivity index (χ0v) is 15.6. The van der Waals surface area contributed by atoms with E-state index < -0.39 is 5.41 Å². The number of carbonyl (C=O) groups excluding carboxylic acids is 1. The average Bonchev–Trinajstić information content (AvgIpc) is 2.91. The van der Waals surface area contributed by atoms with Crippen molar-refractivity contribution >= 4 is 28.4 Å². The van der Waals surface area contributed by atoms with Crippen molar-refractivity contribution in [2.24, 2.45) is 0 Å². The van der Waals surface area contributed by atoms with Crippen LogP contribution in [0.15, 0.2) is 48.5 Å². The van der Waals surface area contributed by atoms with Crippen molar-refractivity contribution in [2.45, 2.75) is 32.6 Å². The lowest BCUT2D eigenvalue weighted by molar-refractivity contribution is -0.125. The monoisotopic (exact) mass is 354 g/mol. The van der Waals surface area contributed by atoms with Crippen LogP contribution in [0.4, 0.5) is 0 Å². The Balaban J connectivity index is 1.75. The van der Waals surface area contributed by atoms with Crippen LogP contribution in [0.25, 0.3) is 10.9 Å². The van der Waals surface area contributed by atoms with Gasteiger partial charge in [0.05, 0.1) is 5.41 Å². The SMILES string of the molecule is Cc1[nH]c2ccccc2c1C(C)(C)C(=O)NCCc1cccc(Cl)c1. The van der Waals surface area contributed by atoms with Crippen molar-refractivity contribution in [2.75, 3.05) is 6.54 Å². The lowest BCUT2D eigenvalue weighted by Crippen LogP contribution is -2.41. The summed E-state index contributed by atoms with van der Waals surface area (Å²) in [6.45, 7) is 6.56. The molecule has 3 aromatic rings. The van der Waals surface area contributed by atoms with Crippen LogP contribution < -0.4 is 5.32 Å². The van der Waals surface area contributed by atoms with Gasteiger partial charge in [-0.1, -0.05) is 41.9 Å². The first kappa shape index (κ1) is 17.6. The van der Waals surface area contributed by atoms with Gasteiger partial charge < -0.3 is 10.3 Å². The number of H-pyrrole nitrogens is 1. The normalized spacial score (nSPS) is 11.7. The number of benzene rings is 2. The lowest BCUT2D eigenvalue weighted by Gasteiger charge is -2.24. The van der Waals surface area contributed by atoms with E-state index in [-0.39, 0.29) is 5.91 Å². The predicted molar refractivity (Wildman–Crippen MR) is 104 cm³/mol. The summed E-state index contributed by atoms with van der Waals surface area (Å²) in [5.74, 6) is 0.0300. The Kier molecular flexibility index (Phi) is 4.87. The molecule has 0 aliphatic carbocycles. The molecule has 3 nitrogen and oxygen atoms in total. The first-order valence-corrected chi connectivity index (χ1v) is 8.88. The molecule has 0 aliphatic rings. The van der Waals surface area contributed by atoms with E-state index in [2.05, 4.69) is 16.4 Å². The van der Waals surface area contributed by atoms with Crippen molar-refractivity contribution < 1.29 is 4.79 Å². The molecule has 0 spiro atoms. The van der Waals surface area contributed by atoms with Crippen LogP contribution in [0.2, 0.25) is 5.02 Å². The lowest BCUT2D eigenvalue weighted by atomic mass is 9.81. The molecule has 130 valence electrons. The molecule has 0 bridgehead atoms. The molecule has 1 heterocycles. The highest BCUT2D eigenvalue weighted by Crippen LogP contribution is 2.33. The molecule has 2 N–H and O–H groups in total. The second kappa shape index (κ2) is 6.93. The molecule has 2 aromatic carbocycles. The summed E-state index contributed by atoms with van der Waals surface area (Å²) >= 11 is 6.01. The highest BCUT2D eigenvalue weighted by molar-refractivity contribution is 6.30. The van der Waals surface area contributed by atoms with Gasteiger partial charge in [-0.15, -0.1) is 0 Å². The molecule has 0 radical (unpaired) electrons. The van der Waals surface area contributed by atoms with Gasteiger partial charge in [0.2, 0.25) is 5.91 Å². The van der Waals surface area contributed by atoms with Crippen molar-refractivity contribution in [1.29, 1.82) is 0 Å². The van der Waals surface area contributed by atoms with E-state index in [4.69, 9.17) is 11.6 Å². The fraction of sp³-hybridized carbons (Fsp3) is 0.286. The fourth-order valence-electron chi connectivity index (χ4n) is 3.43. The molecule has 0 unspecified atom stereocenters. The number of hydrogen-bond donors (Lipinski definition) is 2. The Morgan fingerprint density at radius 3 is 2.68 bits per heavy atom. The largest absolute Gasteiger partial charge is 0.358 e. The number of hydrogen-bond acceptors (Lipinski definition) is 1.